The van der Waals surface area contributed by atoms with Crippen LogP contribution in [0.2, 0.25) is 0 Å². The molecule has 5 heteroatoms. The third kappa shape index (κ3) is 2.12. The van der Waals surface area contributed by atoms with Crippen molar-refractivity contribution in [2.45, 2.75) is 36.5 Å². The molecule has 0 amide bonds. The molecule has 1 aliphatic rings. The summed E-state index contributed by atoms with van der Waals surface area (Å²) in [6.45, 7) is 4.61. The van der Waals surface area contributed by atoms with E-state index in [1.54, 1.807) is 26.2 Å². The molecule has 0 bridgehead atoms. The number of methoxy groups -OCH3 is 1. The van der Waals surface area contributed by atoms with E-state index in [2.05, 4.69) is 5.32 Å². The number of nitrogens with one attached hydrogen (secondary N) is 1. The topological polar surface area (TPSA) is 55.4 Å². The number of hydrogen-bond acceptors (Lipinski definition) is 4. The monoisotopic (exact) mass is 269 g/mol. The summed E-state index contributed by atoms with van der Waals surface area (Å²) in [5.74, 6) is 0.696. The Morgan fingerprint density at radius 1 is 1.44 bits per heavy atom. The van der Waals surface area contributed by atoms with Crippen molar-refractivity contribution in [3.8, 4) is 5.75 Å². The largest absolute Gasteiger partial charge is 0.497 e. The third-order valence-corrected chi connectivity index (χ3v) is 5.68. The molecule has 1 heterocycles. The van der Waals surface area contributed by atoms with Crippen LogP contribution in [0.4, 0.5) is 0 Å². The van der Waals surface area contributed by atoms with Gasteiger partial charge in [-0.15, -0.1) is 0 Å². The van der Waals surface area contributed by atoms with Crippen LogP contribution in [0, 0.1) is 0 Å². The van der Waals surface area contributed by atoms with Gasteiger partial charge in [-0.2, -0.15) is 0 Å². The van der Waals surface area contributed by atoms with Crippen LogP contribution in [0.1, 0.15) is 31.9 Å². The summed E-state index contributed by atoms with van der Waals surface area (Å²) in [4.78, 5) is 0.438. The van der Waals surface area contributed by atoms with Gasteiger partial charge in [0.2, 0.25) is 0 Å². The van der Waals surface area contributed by atoms with Gasteiger partial charge in [0, 0.05) is 6.04 Å². The molecule has 4 nitrogen and oxygen atoms in total. The SMILES string of the molecule is CCNC1CC(C)S(=O)(=O)c2ccc(OC)cc21. The zero-order chi connectivity index (χ0) is 13.3. The van der Waals surface area contributed by atoms with E-state index in [0.29, 0.717) is 17.1 Å². The predicted octanol–water partition coefficient (Wildman–Crippen LogP) is 1.91. The number of fused-ring (bicyclic) bond motifs is 1. The first-order chi connectivity index (χ1) is 8.50. The fourth-order valence-corrected chi connectivity index (χ4v) is 4.09. The fraction of sp³-hybridized carbons (Fsp3) is 0.538. The van der Waals surface area contributed by atoms with Gasteiger partial charge in [-0.25, -0.2) is 8.42 Å². The third-order valence-electron chi connectivity index (χ3n) is 3.45. The summed E-state index contributed by atoms with van der Waals surface area (Å²) < 4.78 is 29.7. The van der Waals surface area contributed by atoms with E-state index < -0.39 is 9.84 Å². The quantitative estimate of drug-likeness (QED) is 0.910. The first-order valence-corrected chi connectivity index (χ1v) is 7.70. The van der Waals surface area contributed by atoms with E-state index in [4.69, 9.17) is 4.74 Å². The van der Waals surface area contributed by atoms with Gasteiger partial charge in [-0.3, -0.25) is 0 Å². The van der Waals surface area contributed by atoms with Crippen LogP contribution >= 0.6 is 0 Å². The van der Waals surface area contributed by atoms with E-state index in [0.717, 1.165) is 12.1 Å². The lowest BCUT2D eigenvalue weighted by Gasteiger charge is -2.30. The van der Waals surface area contributed by atoms with Crippen LogP contribution in [0.15, 0.2) is 23.1 Å². The minimum absolute atomic E-state index is 0.0821. The molecule has 18 heavy (non-hydrogen) atoms. The maximum absolute atomic E-state index is 12.3. The maximum Gasteiger partial charge on any atom is 0.181 e. The van der Waals surface area contributed by atoms with Crippen LogP contribution < -0.4 is 10.1 Å². The number of benzene rings is 1. The molecule has 1 N–H and O–H groups in total. The normalized spacial score (nSPS) is 25.5. The van der Waals surface area contributed by atoms with Crippen molar-refractivity contribution in [1.29, 1.82) is 0 Å². The van der Waals surface area contributed by atoms with Crippen molar-refractivity contribution < 1.29 is 13.2 Å². The van der Waals surface area contributed by atoms with Gasteiger partial charge in [0.05, 0.1) is 17.3 Å². The van der Waals surface area contributed by atoms with Crippen LogP contribution in [0.25, 0.3) is 0 Å². The first-order valence-electron chi connectivity index (χ1n) is 6.16. The minimum Gasteiger partial charge on any atom is -0.497 e. The van der Waals surface area contributed by atoms with Gasteiger partial charge in [0.15, 0.2) is 9.84 Å². The Morgan fingerprint density at radius 3 is 2.78 bits per heavy atom. The van der Waals surface area contributed by atoms with E-state index in [9.17, 15) is 8.42 Å². The Labute approximate surface area is 108 Å². The van der Waals surface area contributed by atoms with Gasteiger partial charge < -0.3 is 10.1 Å². The summed E-state index contributed by atoms with van der Waals surface area (Å²) in [6.07, 6.45) is 0.607. The van der Waals surface area contributed by atoms with Crippen molar-refractivity contribution in [3.63, 3.8) is 0 Å². The molecule has 100 valence electrons. The van der Waals surface area contributed by atoms with Gasteiger partial charge in [-0.05, 0) is 43.7 Å². The molecule has 0 aromatic heterocycles. The van der Waals surface area contributed by atoms with Crippen LogP contribution in [-0.4, -0.2) is 27.3 Å². The predicted molar refractivity (Wildman–Crippen MR) is 70.7 cm³/mol. The van der Waals surface area contributed by atoms with Crippen molar-refractivity contribution in [1.82, 2.24) is 5.32 Å². The van der Waals surface area contributed by atoms with Crippen molar-refractivity contribution in [2.24, 2.45) is 0 Å². The highest BCUT2D eigenvalue weighted by atomic mass is 32.2. The number of hydrogen-bond donors (Lipinski definition) is 1. The molecule has 2 atom stereocenters. The highest BCUT2D eigenvalue weighted by Crippen LogP contribution is 2.37. The first kappa shape index (κ1) is 13.4. The van der Waals surface area contributed by atoms with Crippen molar-refractivity contribution in [2.75, 3.05) is 13.7 Å². The molecule has 0 spiro atoms. The van der Waals surface area contributed by atoms with Crippen LogP contribution in [0.5, 0.6) is 5.75 Å². The summed E-state index contributed by atoms with van der Waals surface area (Å²) in [5, 5.41) is 3.00. The Hall–Kier alpha value is -1.07. The van der Waals surface area contributed by atoms with E-state index in [1.807, 2.05) is 13.0 Å². The lowest BCUT2D eigenvalue weighted by molar-refractivity contribution is 0.410. The van der Waals surface area contributed by atoms with Gasteiger partial charge in [-0.1, -0.05) is 6.92 Å². The smallest absolute Gasteiger partial charge is 0.181 e. The van der Waals surface area contributed by atoms with E-state index >= 15 is 0 Å². The van der Waals surface area contributed by atoms with Crippen molar-refractivity contribution >= 4 is 9.84 Å². The molecule has 0 saturated heterocycles. The lowest BCUT2D eigenvalue weighted by atomic mass is 10.0. The number of rotatable bonds is 3. The molecular weight excluding hydrogens is 250 g/mol. The molecule has 1 aromatic rings. The van der Waals surface area contributed by atoms with Gasteiger partial charge >= 0.3 is 0 Å². The molecule has 1 aromatic carbocycles. The van der Waals surface area contributed by atoms with Crippen molar-refractivity contribution in [3.05, 3.63) is 23.8 Å². The second-order valence-electron chi connectivity index (χ2n) is 4.61. The van der Waals surface area contributed by atoms with E-state index in [-0.39, 0.29) is 11.3 Å². The van der Waals surface area contributed by atoms with Gasteiger partial charge in [0.25, 0.3) is 0 Å². The fourth-order valence-electron chi connectivity index (χ4n) is 2.43. The average Bonchev–Trinajstić information content (AvgIpc) is 2.36. The highest BCUT2D eigenvalue weighted by molar-refractivity contribution is 7.92. The standard InChI is InChI=1S/C13H19NO3S/c1-4-14-12-7-9(2)18(15,16)13-6-5-10(17-3)8-11(12)13/h5-6,8-9,12,14H,4,7H2,1-3H3. The minimum atomic E-state index is -3.19. The van der Waals surface area contributed by atoms with Crippen LogP contribution in [-0.2, 0) is 9.84 Å². The lowest BCUT2D eigenvalue weighted by Crippen LogP contribution is -2.34. The zero-order valence-corrected chi connectivity index (χ0v) is 11.8. The number of sulfone groups is 1. The average molecular weight is 269 g/mol. The Kier molecular flexibility index (Phi) is 3.64. The highest BCUT2D eigenvalue weighted by Gasteiger charge is 2.35. The molecule has 0 radical (unpaired) electrons. The second kappa shape index (κ2) is 4.90. The Morgan fingerprint density at radius 2 is 2.17 bits per heavy atom. The molecule has 2 unspecified atom stereocenters. The Bertz CT molecular complexity index is 539. The summed E-state index contributed by atoms with van der Waals surface area (Å²) in [5.41, 5.74) is 0.828. The van der Waals surface area contributed by atoms with Gasteiger partial charge in [0.1, 0.15) is 5.75 Å². The molecule has 0 fully saturated rings. The molecule has 0 aliphatic carbocycles. The molecule has 1 aliphatic heterocycles. The summed E-state index contributed by atoms with van der Waals surface area (Å²) in [6, 6.07) is 5.27. The molecule has 2 rings (SSSR count). The second-order valence-corrected chi connectivity index (χ2v) is 6.94. The van der Waals surface area contributed by atoms with E-state index in [1.165, 1.54) is 0 Å². The maximum atomic E-state index is 12.3. The summed E-state index contributed by atoms with van der Waals surface area (Å²) >= 11 is 0. The zero-order valence-electron chi connectivity index (χ0n) is 10.9. The van der Waals surface area contributed by atoms with Crippen LogP contribution in [0.3, 0.4) is 0 Å². The Balaban J connectivity index is 2.57. The summed E-state index contributed by atoms with van der Waals surface area (Å²) in [7, 11) is -1.61. The molecular formula is C13H19NO3S. The number of ether oxygens (including phenoxy) is 1. The molecule has 0 saturated carbocycles.